The quantitative estimate of drug-likeness (QED) is 0.472. The molecule has 0 saturated carbocycles. The number of nitrogens with zero attached hydrogens (tertiary/aromatic N) is 2. The highest BCUT2D eigenvalue weighted by atomic mass is 32.2. The highest BCUT2D eigenvalue weighted by Crippen LogP contribution is 2.33. The van der Waals surface area contributed by atoms with Gasteiger partial charge in [-0.25, -0.2) is 0 Å². The lowest BCUT2D eigenvalue weighted by Gasteiger charge is -2.43. The van der Waals surface area contributed by atoms with Gasteiger partial charge in [0.1, 0.15) is 0 Å². The normalized spacial score (nSPS) is 24.4. The van der Waals surface area contributed by atoms with Crippen LogP contribution in [0.3, 0.4) is 0 Å². The Balaban J connectivity index is 1.39. The Morgan fingerprint density at radius 3 is 2.76 bits per heavy atom. The zero-order chi connectivity index (χ0) is 20.4. The summed E-state index contributed by atoms with van der Waals surface area (Å²) < 4.78 is 11.4. The molecule has 2 heterocycles. The van der Waals surface area contributed by atoms with Gasteiger partial charge >= 0.3 is 0 Å². The van der Waals surface area contributed by atoms with Gasteiger partial charge in [-0.15, -0.1) is 0 Å². The first-order valence-corrected chi connectivity index (χ1v) is 11.8. The van der Waals surface area contributed by atoms with E-state index < -0.39 is 0 Å². The topological polar surface area (TPSA) is 58.1 Å². The van der Waals surface area contributed by atoms with Gasteiger partial charge in [0, 0.05) is 44.5 Å². The molecule has 29 heavy (non-hydrogen) atoms. The number of ether oxygens (including phenoxy) is 2. The molecule has 162 valence electrons. The minimum atomic E-state index is 0.219. The van der Waals surface area contributed by atoms with Crippen molar-refractivity contribution in [3.8, 4) is 0 Å². The first-order chi connectivity index (χ1) is 14.2. The van der Waals surface area contributed by atoms with Crippen LogP contribution in [0.4, 0.5) is 0 Å². The van der Waals surface area contributed by atoms with Crippen molar-refractivity contribution >= 4 is 17.7 Å². The van der Waals surface area contributed by atoms with Gasteiger partial charge < -0.3 is 20.1 Å². The predicted octanol–water partition coefficient (Wildman–Crippen LogP) is 2.21. The van der Waals surface area contributed by atoms with Gasteiger partial charge in [0.2, 0.25) is 0 Å². The van der Waals surface area contributed by atoms with Crippen molar-refractivity contribution in [1.82, 2.24) is 15.5 Å². The van der Waals surface area contributed by atoms with E-state index in [2.05, 4.69) is 51.3 Å². The Kier molecular flexibility index (Phi) is 9.11. The van der Waals surface area contributed by atoms with E-state index in [9.17, 15) is 0 Å². The second-order valence-electron chi connectivity index (χ2n) is 8.04. The van der Waals surface area contributed by atoms with Gasteiger partial charge in [0.05, 0.1) is 26.4 Å². The van der Waals surface area contributed by atoms with Crippen molar-refractivity contribution in [3.63, 3.8) is 0 Å². The summed E-state index contributed by atoms with van der Waals surface area (Å²) in [6.07, 6.45) is 1.23. The largest absolute Gasteiger partial charge is 0.379 e. The standard InChI is InChI=1S/C22H36N4O2S/c1-19(15-28-16-20-6-4-3-5-7-20)14-24-21(23-2)25-17-22(8-13-29-18-22)26-9-11-27-12-10-26/h3-7,19H,8-18H2,1-2H3,(H2,23,24,25). The van der Waals surface area contributed by atoms with E-state index in [4.69, 9.17) is 9.47 Å². The molecule has 0 amide bonds. The molecular formula is C22H36N4O2S. The smallest absolute Gasteiger partial charge is 0.191 e. The maximum absolute atomic E-state index is 5.86. The van der Waals surface area contributed by atoms with Gasteiger partial charge in [0.15, 0.2) is 5.96 Å². The number of benzene rings is 1. The van der Waals surface area contributed by atoms with Crippen molar-refractivity contribution < 1.29 is 9.47 Å². The maximum atomic E-state index is 5.86. The van der Waals surface area contributed by atoms with Crippen LogP contribution in [0.25, 0.3) is 0 Å². The number of hydrogen-bond acceptors (Lipinski definition) is 5. The SMILES string of the molecule is CN=C(NCC(C)COCc1ccccc1)NCC1(N2CCOCC2)CCSC1. The van der Waals surface area contributed by atoms with E-state index in [-0.39, 0.29) is 5.54 Å². The molecule has 0 bridgehead atoms. The van der Waals surface area contributed by atoms with Crippen LogP contribution in [0.1, 0.15) is 18.9 Å². The number of morpholine rings is 1. The minimum Gasteiger partial charge on any atom is -0.379 e. The Bertz CT molecular complexity index is 616. The predicted molar refractivity (Wildman–Crippen MR) is 122 cm³/mol. The molecule has 2 atom stereocenters. The van der Waals surface area contributed by atoms with Gasteiger partial charge in [-0.3, -0.25) is 9.89 Å². The number of hydrogen-bond donors (Lipinski definition) is 2. The van der Waals surface area contributed by atoms with Gasteiger partial charge in [0.25, 0.3) is 0 Å². The molecule has 1 aromatic rings. The highest BCUT2D eigenvalue weighted by Gasteiger charge is 2.40. The monoisotopic (exact) mass is 420 g/mol. The molecule has 0 aromatic heterocycles. The maximum Gasteiger partial charge on any atom is 0.191 e. The van der Waals surface area contributed by atoms with Gasteiger partial charge in [-0.05, 0) is 23.7 Å². The van der Waals surface area contributed by atoms with Crippen LogP contribution in [0.5, 0.6) is 0 Å². The fraction of sp³-hybridized carbons (Fsp3) is 0.682. The second kappa shape index (κ2) is 11.8. The average Bonchev–Trinajstić information content (AvgIpc) is 3.25. The number of nitrogens with one attached hydrogen (secondary N) is 2. The molecule has 3 rings (SSSR count). The van der Waals surface area contributed by atoms with Crippen LogP contribution >= 0.6 is 11.8 Å². The number of guanidine groups is 1. The van der Waals surface area contributed by atoms with Crippen LogP contribution in [-0.2, 0) is 16.1 Å². The van der Waals surface area contributed by atoms with E-state index in [0.29, 0.717) is 12.5 Å². The third-order valence-corrected chi connectivity index (χ3v) is 6.94. The van der Waals surface area contributed by atoms with E-state index in [1.54, 1.807) is 0 Å². The van der Waals surface area contributed by atoms with Gasteiger partial charge in [-0.2, -0.15) is 11.8 Å². The molecule has 2 unspecified atom stereocenters. The molecule has 0 spiro atoms. The van der Waals surface area contributed by atoms with Crippen LogP contribution < -0.4 is 10.6 Å². The molecular weight excluding hydrogens is 384 g/mol. The lowest BCUT2D eigenvalue weighted by atomic mass is 9.95. The number of aliphatic imine (C=N–C) groups is 1. The van der Waals surface area contributed by atoms with Gasteiger partial charge in [-0.1, -0.05) is 37.3 Å². The summed E-state index contributed by atoms with van der Waals surface area (Å²) in [5.41, 5.74) is 1.43. The molecule has 1 aromatic carbocycles. The molecule has 2 aliphatic heterocycles. The summed E-state index contributed by atoms with van der Waals surface area (Å²) in [5, 5.41) is 7.06. The molecule has 6 nitrogen and oxygen atoms in total. The van der Waals surface area contributed by atoms with E-state index in [1.807, 2.05) is 25.2 Å². The van der Waals surface area contributed by atoms with Crippen molar-refractivity contribution in [3.05, 3.63) is 35.9 Å². The van der Waals surface area contributed by atoms with Crippen molar-refractivity contribution in [2.24, 2.45) is 10.9 Å². The zero-order valence-corrected chi connectivity index (χ0v) is 18.7. The Hall–Kier alpha value is -1.28. The number of thioether (sulfide) groups is 1. The first kappa shape index (κ1) is 22.4. The second-order valence-corrected chi connectivity index (χ2v) is 9.14. The summed E-state index contributed by atoms with van der Waals surface area (Å²) in [6, 6.07) is 10.3. The third kappa shape index (κ3) is 6.88. The van der Waals surface area contributed by atoms with Crippen molar-refractivity contribution in [2.45, 2.75) is 25.5 Å². The van der Waals surface area contributed by atoms with Crippen LogP contribution in [-0.4, -0.2) is 81.0 Å². The summed E-state index contributed by atoms with van der Waals surface area (Å²) >= 11 is 2.06. The zero-order valence-electron chi connectivity index (χ0n) is 17.9. The minimum absolute atomic E-state index is 0.219. The van der Waals surface area contributed by atoms with E-state index in [0.717, 1.165) is 52.0 Å². The third-order valence-electron chi connectivity index (χ3n) is 5.70. The Labute approximate surface area is 179 Å². The molecule has 2 N–H and O–H groups in total. The van der Waals surface area contributed by atoms with Crippen LogP contribution in [0.2, 0.25) is 0 Å². The van der Waals surface area contributed by atoms with E-state index >= 15 is 0 Å². The summed E-state index contributed by atoms with van der Waals surface area (Å²) in [6.45, 7) is 9.12. The summed E-state index contributed by atoms with van der Waals surface area (Å²) in [7, 11) is 1.84. The lowest BCUT2D eigenvalue weighted by molar-refractivity contribution is -0.0120. The fourth-order valence-electron chi connectivity index (χ4n) is 3.89. The molecule has 2 saturated heterocycles. The Morgan fingerprint density at radius 1 is 1.28 bits per heavy atom. The number of rotatable bonds is 9. The Morgan fingerprint density at radius 2 is 2.07 bits per heavy atom. The average molecular weight is 421 g/mol. The van der Waals surface area contributed by atoms with Crippen molar-refractivity contribution in [1.29, 1.82) is 0 Å². The highest BCUT2D eigenvalue weighted by molar-refractivity contribution is 7.99. The molecule has 2 fully saturated rings. The summed E-state index contributed by atoms with van der Waals surface area (Å²) in [5.74, 6) is 3.71. The molecule has 0 radical (unpaired) electrons. The lowest BCUT2D eigenvalue weighted by Crippen LogP contribution is -2.60. The summed E-state index contributed by atoms with van der Waals surface area (Å²) in [4.78, 5) is 7.05. The molecule has 7 heteroatoms. The van der Waals surface area contributed by atoms with E-state index in [1.165, 1.54) is 23.5 Å². The van der Waals surface area contributed by atoms with Crippen LogP contribution in [0, 0.1) is 5.92 Å². The first-order valence-electron chi connectivity index (χ1n) is 10.7. The molecule has 2 aliphatic rings. The molecule has 0 aliphatic carbocycles. The van der Waals surface area contributed by atoms with Crippen molar-refractivity contribution in [2.75, 3.05) is 64.6 Å². The van der Waals surface area contributed by atoms with Crippen LogP contribution in [0.15, 0.2) is 35.3 Å². The fourth-order valence-corrected chi connectivity index (χ4v) is 5.36.